The van der Waals surface area contributed by atoms with Gasteiger partial charge in [-0.05, 0) is 76.8 Å². The Kier molecular flexibility index (Phi) is 9.78. The fraction of sp³-hybridized carbons (Fsp3) is 0.235. The van der Waals surface area contributed by atoms with E-state index < -0.39 is 12.0 Å². The normalized spacial score (nSPS) is 14.4. The molecule has 0 saturated heterocycles. The summed E-state index contributed by atoms with van der Waals surface area (Å²) in [4.78, 5) is 32.7. The molecule has 0 aliphatic carbocycles. The van der Waals surface area contributed by atoms with Crippen LogP contribution in [0, 0.1) is 11.3 Å². The van der Waals surface area contributed by atoms with Gasteiger partial charge in [0, 0.05) is 5.56 Å². The van der Waals surface area contributed by atoms with Crippen molar-refractivity contribution in [2.24, 2.45) is 4.99 Å². The Balaban J connectivity index is 1.57. The fourth-order valence-corrected chi connectivity index (χ4v) is 6.56. The first-order chi connectivity index (χ1) is 21.4. The van der Waals surface area contributed by atoms with Gasteiger partial charge in [-0.3, -0.25) is 9.36 Å². The zero-order valence-electron chi connectivity index (χ0n) is 24.5. The number of halogens is 1. The van der Waals surface area contributed by atoms with Crippen LogP contribution in [0.4, 0.5) is 0 Å². The lowest BCUT2D eigenvalue weighted by Crippen LogP contribution is -2.40. The van der Waals surface area contributed by atoms with Gasteiger partial charge in [0.1, 0.15) is 18.1 Å². The lowest BCUT2D eigenvalue weighted by atomic mass is 9.94. The lowest BCUT2D eigenvalue weighted by molar-refractivity contribution is -0.139. The van der Waals surface area contributed by atoms with E-state index in [0.29, 0.717) is 48.6 Å². The van der Waals surface area contributed by atoms with Crippen LogP contribution >= 0.6 is 27.3 Å². The first-order valence-electron chi connectivity index (χ1n) is 14.1. The third-order valence-electron chi connectivity index (χ3n) is 7.08. The van der Waals surface area contributed by atoms with Crippen LogP contribution in [0.2, 0.25) is 0 Å². The second-order valence-corrected chi connectivity index (χ2v) is 11.8. The molecule has 1 aliphatic rings. The maximum atomic E-state index is 14.0. The van der Waals surface area contributed by atoms with Gasteiger partial charge in [-0.2, -0.15) is 5.26 Å². The standard InChI is InChI=1S/C34H30BrN3O5S/c1-4-9-27-30(33(40)42-5-2)31(22-12-8-13-25(18-22)41-3)38-32(39)29(44-34(38)37-27)17-21-14-15-28(26(35)16-21)43-20-24-11-7-6-10-23(24)19-36/h6-8,10-18,31H,4-5,9,20H2,1-3H3/b29-17+/t31-/m1/s1. The van der Waals surface area contributed by atoms with Crippen molar-refractivity contribution in [1.29, 1.82) is 5.26 Å². The SMILES string of the molecule is CCCC1=C(C(=O)OCC)[C@@H](c2cccc(OC)c2)n2c(s/c(=C/c3ccc(OCc4ccccc4C#N)c(Br)c3)c2=O)=N1. The number of carbonyl (C=O) groups excluding carboxylic acids is 1. The van der Waals surface area contributed by atoms with E-state index in [1.807, 2.05) is 67.6 Å². The zero-order chi connectivity index (χ0) is 31.2. The van der Waals surface area contributed by atoms with Crippen molar-refractivity contribution in [2.75, 3.05) is 13.7 Å². The second-order valence-electron chi connectivity index (χ2n) is 9.94. The van der Waals surface area contributed by atoms with Crippen LogP contribution in [-0.4, -0.2) is 24.3 Å². The Morgan fingerprint density at radius 3 is 2.68 bits per heavy atom. The summed E-state index contributed by atoms with van der Waals surface area (Å²) in [6.45, 7) is 4.23. The molecule has 44 heavy (non-hydrogen) atoms. The van der Waals surface area contributed by atoms with Gasteiger partial charge < -0.3 is 14.2 Å². The highest BCUT2D eigenvalue weighted by molar-refractivity contribution is 9.10. The fourth-order valence-electron chi connectivity index (χ4n) is 5.03. The van der Waals surface area contributed by atoms with Crippen LogP contribution in [-0.2, 0) is 16.1 Å². The summed E-state index contributed by atoms with van der Waals surface area (Å²) in [7, 11) is 1.58. The number of benzene rings is 3. The molecule has 0 amide bonds. The zero-order valence-corrected chi connectivity index (χ0v) is 26.9. The number of carbonyl (C=O) groups is 1. The van der Waals surface area contributed by atoms with Crippen molar-refractivity contribution in [2.45, 2.75) is 39.3 Å². The monoisotopic (exact) mass is 671 g/mol. The molecule has 0 bridgehead atoms. The Labute approximate surface area is 267 Å². The van der Waals surface area contributed by atoms with Crippen molar-refractivity contribution in [1.82, 2.24) is 4.57 Å². The summed E-state index contributed by atoms with van der Waals surface area (Å²) in [6.07, 6.45) is 3.14. The summed E-state index contributed by atoms with van der Waals surface area (Å²) >= 11 is 4.86. The molecular weight excluding hydrogens is 642 g/mol. The van der Waals surface area contributed by atoms with Crippen molar-refractivity contribution in [3.63, 3.8) is 0 Å². The predicted octanol–water partition coefficient (Wildman–Crippen LogP) is 5.80. The summed E-state index contributed by atoms with van der Waals surface area (Å²) in [6, 6.07) is 21.7. The minimum absolute atomic E-state index is 0.205. The molecule has 1 aromatic heterocycles. The van der Waals surface area contributed by atoms with Crippen LogP contribution in [0.25, 0.3) is 6.08 Å². The largest absolute Gasteiger partial charge is 0.497 e. The Bertz CT molecular complexity index is 1970. The molecule has 0 unspecified atom stereocenters. The van der Waals surface area contributed by atoms with E-state index in [0.717, 1.165) is 23.1 Å². The average Bonchev–Trinajstić information content (AvgIpc) is 3.34. The summed E-state index contributed by atoms with van der Waals surface area (Å²) < 4.78 is 19.7. The topological polar surface area (TPSA) is 103 Å². The Hall–Kier alpha value is -4.46. The number of aromatic nitrogens is 1. The molecular formula is C34H30BrN3O5S. The number of hydrogen-bond donors (Lipinski definition) is 0. The first kappa shape index (κ1) is 31.0. The molecule has 0 fully saturated rings. The molecule has 1 atom stereocenters. The number of esters is 1. The molecule has 0 spiro atoms. The van der Waals surface area contributed by atoms with Crippen LogP contribution in [0.5, 0.6) is 11.5 Å². The molecule has 5 rings (SSSR count). The summed E-state index contributed by atoms with van der Waals surface area (Å²) in [5, 5.41) is 9.36. The van der Waals surface area contributed by atoms with Crippen molar-refractivity contribution >= 4 is 39.3 Å². The van der Waals surface area contributed by atoms with E-state index in [9.17, 15) is 14.9 Å². The predicted molar refractivity (Wildman–Crippen MR) is 172 cm³/mol. The molecule has 2 heterocycles. The minimum atomic E-state index is -0.720. The van der Waals surface area contributed by atoms with Crippen LogP contribution < -0.4 is 24.4 Å². The maximum Gasteiger partial charge on any atom is 0.338 e. The van der Waals surface area contributed by atoms with Crippen molar-refractivity contribution < 1.29 is 19.0 Å². The minimum Gasteiger partial charge on any atom is -0.497 e. The molecule has 224 valence electrons. The molecule has 1 aliphatic heterocycles. The highest BCUT2D eigenvalue weighted by Crippen LogP contribution is 2.34. The van der Waals surface area contributed by atoms with Gasteiger partial charge in [0.05, 0.1) is 51.7 Å². The van der Waals surface area contributed by atoms with E-state index in [1.54, 1.807) is 30.7 Å². The number of ether oxygens (including phenoxy) is 3. The van der Waals surface area contributed by atoms with E-state index in [2.05, 4.69) is 22.0 Å². The van der Waals surface area contributed by atoms with Crippen LogP contribution in [0.3, 0.4) is 0 Å². The molecule has 0 radical (unpaired) electrons. The van der Waals surface area contributed by atoms with E-state index in [-0.39, 0.29) is 18.8 Å². The van der Waals surface area contributed by atoms with Gasteiger partial charge in [-0.25, -0.2) is 9.79 Å². The van der Waals surface area contributed by atoms with Crippen LogP contribution in [0.1, 0.15) is 55.0 Å². The van der Waals surface area contributed by atoms with Gasteiger partial charge in [0.2, 0.25) is 0 Å². The molecule has 0 N–H and O–H groups in total. The molecule has 8 nitrogen and oxygen atoms in total. The summed E-state index contributed by atoms with van der Waals surface area (Å²) in [5.41, 5.74) is 3.59. The van der Waals surface area contributed by atoms with Gasteiger partial charge in [-0.1, -0.05) is 61.1 Å². The Morgan fingerprint density at radius 2 is 1.95 bits per heavy atom. The highest BCUT2D eigenvalue weighted by Gasteiger charge is 2.34. The molecule has 0 saturated carbocycles. The smallest absolute Gasteiger partial charge is 0.338 e. The molecule has 10 heteroatoms. The molecule has 4 aromatic rings. The quantitative estimate of drug-likeness (QED) is 0.198. The van der Waals surface area contributed by atoms with Crippen LogP contribution in [0.15, 0.2) is 92.3 Å². The second kappa shape index (κ2) is 13.9. The number of nitrogens with zero attached hydrogens (tertiary/aromatic N) is 3. The first-order valence-corrected chi connectivity index (χ1v) is 15.8. The van der Waals surface area contributed by atoms with Gasteiger partial charge in [-0.15, -0.1) is 0 Å². The number of allylic oxidation sites excluding steroid dienone is 1. The number of thiazole rings is 1. The van der Waals surface area contributed by atoms with Crippen molar-refractivity contribution in [3.8, 4) is 17.6 Å². The lowest BCUT2D eigenvalue weighted by Gasteiger charge is -2.26. The van der Waals surface area contributed by atoms with E-state index >= 15 is 0 Å². The van der Waals surface area contributed by atoms with E-state index in [4.69, 9.17) is 19.2 Å². The number of nitriles is 1. The third kappa shape index (κ3) is 6.39. The number of hydrogen-bond acceptors (Lipinski definition) is 8. The maximum absolute atomic E-state index is 14.0. The highest BCUT2D eigenvalue weighted by atomic mass is 79.9. The van der Waals surface area contributed by atoms with Crippen molar-refractivity contribution in [3.05, 3.63) is 124 Å². The van der Waals surface area contributed by atoms with Gasteiger partial charge in [0.25, 0.3) is 5.56 Å². The van der Waals surface area contributed by atoms with Gasteiger partial charge >= 0.3 is 5.97 Å². The van der Waals surface area contributed by atoms with E-state index in [1.165, 1.54) is 11.3 Å². The van der Waals surface area contributed by atoms with Gasteiger partial charge in [0.15, 0.2) is 4.80 Å². The number of methoxy groups -OCH3 is 1. The average molecular weight is 673 g/mol. The summed E-state index contributed by atoms with van der Waals surface area (Å²) in [5.74, 6) is 0.738. The molecule has 3 aromatic carbocycles. The number of fused-ring (bicyclic) bond motifs is 1. The number of rotatable bonds is 10. The Morgan fingerprint density at radius 1 is 1.14 bits per heavy atom. The third-order valence-corrected chi connectivity index (χ3v) is 8.68.